The van der Waals surface area contributed by atoms with Crippen LogP contribution in [0.1, 0.15) is 25.7 Å². The molecule has 0 aromatic heterocycles. The van der Waals surface area contributed by atoms with Crippen LogP contribution in [0.3, 0.4) is 0 Å². The molecule has 0 aromatic carbocycles. The van der Waals surface area contributed by atoms with Crippen LogP contribution in [0.25, 0.3) is 0 Å². The highest BCUT2D eigenvalue weighted by molar-refractivity contribution is 7.89. The third-order valence-corrected chi connectivity index (χ3v) is 4.96. The lowest BCUT2D eigenvalue weighted by atomic mass is 10.1. The van der Waals surface area contributed by atoms with Gasteiger partial charge in [0, 0.05) is 26.1 Å². The number of nitrogens with zero attached hydrogens (tertiary/aromatic N) is 1. The van der Waals surface area contributed by atoms with Gasteiger partial charge in [-0.3, -0.25) is 0 Å². The van der Waals surface area contributed by atoms with Crippen molar-refractivity contribution in [1.29, 1.82) is 0 Å². The molecule has 1 rings (SSSR count). The van der Waals surface area contributed by atoms with Gasteiger partial charge in [0.1, 0.15) is 0 Å². The molecule has 1 unspecified atom stereocenters. The minimum absolute atomic E-state index is 0.00658. The average Bonchev–Trinajstić information content (AvgIpc) is 2.65. The Morgan fingerprint density at radius 3 is 2.56 bits per heavy atom. The Hall–Kier alpha value is -0.340. The molecule has 1 saturated heterocycles. The molecule has 0 spiro atoms. The van der Waals surface area contributed by atoms with Gasteiger partial charge in [0.05, 0.1) is 5.75 Å². The van der Waals surface area contributed by atoms with E-state index in [-0.39, 0.29) is 12.5 Å². The molecule has 18 heavy (non-hydrogen) atoms. The van der Waals surface area contributed by atoms with Gasteiger partial charge in [0.2, 0.25) is 10.0 Å². The molecule has 0 saturated carbocycles. The Bertz CT molecular complexity index is 356. The van der Waals surface area contributed by atoms with Gasteiger partial charge in [-0.1, -0.05) is 0 Å². The molecule has 0 radical (unpaired) electrons. The van der Waals surface area contributed by atoms with E-state index < -0.39 is 34.8 Å². The molecule has 1 atom stereocenters. The van der Waals surface area contributed by atoms with Crippen LogP contribution in [0.5, 0.6) is 0 Å². The third-order valence-electron chi connectivity index (χ3n) is 3.04. The van der Waals surface area contributed by atoms with Crippen molar-refractivity contribution in [3.8, 4) is 0 Å². The predicted molar refractivity (Wildman–Crippen MR) is 60.5 cm³/mol. The Morgan fingerprint density at radius 1 is 1.33 bits per heavy atom. The number of rotatable bonds is 6. The highest BCUT2D eigenvalue weighted by Crippen LogP contribution is 2.25. The first kappa shape index (κ1) is 15.7. The van der Waals surface area contributed by atoms with Crippen LogP contribution >= 0.6 is 0 Å². The molecule has 0 bridgehead atoms. The van der Waals surface area contributed by atoms with Crippen molar-refractivity contribution in [2.45, 2.75) is 31.9 Å². The highest BCUT2D eigenvalue weighted by atomic mass is 32.2. The Balaban J connectivity index is 2.40. The molecule has 1 heterocycles. The van der Waals surface area contributed by atoms with Gasteiger partial charge in [-0.25, -0.2) is 12.7 Å². The lowest BCUT2D eigenvalue weighted by Gasteiger charge is -2.16. The Kier molecular flexibility index (Phi) is 5.42. The molecule has 108 valence electrons. The zero-order valence-electron chi connectivity index (χ0n) is 9.99. The van der Waals surface area contributed by atoms with Crippen molar-refractivity contribution < 1.29 is 26.7 Å². The second-order valence-electron chi connectivity index (χ2n) is 4.56. The quantitative estimate of drug-likeness (QED) is 0.803. The van der Waals surface area contributed by atoms with E-state index in [1.54, 1.807) is 0 Å². The first-order valence-corrected chi connectivity index (χ1v) is 7.51. The van der Waals surface area contributed by atoms with Crippen LogP contribution < -0.4 is 0 Å². The summed E-state index contributed by atoms with van der Waals surface area (Å²) in [6, 6.07) is 0. The zero-order valence-corrected chi connectivity index (χ0v) is 10.8. The Labute approximate surface area is 105 Å². The molecule has 1 N–H and O–H groups in total. The maximum absolute atomic E-state index is 11.9. The summed E-state index contributed by atoms with van der Waals surface area (Å²) in [6.45, 7) is 0.667. The summed E-state index contributed by atoms with van der Waals surface area (Å²) in [7, 11) is -3.58. The van der Waals surface area contributed by atoms with Crippen LogP contribution in [0, 0.1) is 5.92 Å². The molecular weight excluding hydrogens is 271 g/mol. The first-order chi connectivity index (χ1) is 8.24. The summed E-state index contributed by atoms with van der Waals surface area (Å²) in [5.41, 5.74) is 0. The summed E-state index contributed by atoms with van der Waals surface area (Å²) in [5, 5.41) is 8.75. The van der Waals surface area contributed by atoms with Crippen molar-refractivity contribution in [3.63, 3.8) is 0 Å². The number of alkyl halides is 3. The van der Waals surface area contributed by atoms with Crippen LogP contribution in [-0.2, 0) is 10.0 Å². The van der Waals surface area contributed by atoms with Gasteiger partial charge < -0.3 is 5.11 Å². The maximum atomic E-state index is 11.9. The van der Waals surface area contributed by atoms with Crippen LogP contribution in [0.4, 0.5) is 13.2 Å². The van der Waals surface area contributed by atoms with Crippen LogP contribution in [-0.4, -0.2) is 49.5 Å². The topological polar surface area (TPSA) is 57.6 Å². The van der Waals surface area contributed by atoms with E-state index in [9.17, 15) is 21.6 Å². The van der Waals surface area contributed by atoms with E-state index >= 15 is 0 Å². The van der Waals surface area contributed by atoms with E-state index in [1.165, 1.54) is 4.31 Å². The lowest BCUT2D eigenvalue weighted by Crippen LogP contribution is -2.31. The number of aliphatic hydroxyl groups is 1. The fourth-order valence-electron chi connectivity index (χ4n) is 2.05. The summed E-state index contributed by atoms with van der Waals surface area (Å²) in [4.78, 5) is 0. The van der Waals surface area contributed by atoms with E-state index in [0.717, 1.165) is 0 Å². The fourth-order valence-corrected chi connectivity index (χ4v) is 3.64. The second-order valence-corrected chi connectivity index (χ2v) is 6.65. The van der Waals surface area contributed by atoms with E-state index in [4.69, 9.17) is 5.11 Å². The average molecular weight is 289 g/mol. The monoisotopic (exact) mass is 289 g/mol. The van der Waals surface area contributed by atoms with Crippen molar-refractivity contribution in [3.05, 3.63) is 0 Å². The molecule has 0 aliphatic carbocycles. The van der Waals surface area contributed by atoms with Gasteiger partial charge in [-0.2, -0.15) is 13.2 Å². The summed E-state index contributed by atoms with van der Waals surface area (Å²) in [6.07, 6.45) is -4.57. The highest BCUT2D eigenvalue weighted by Gasteiger charge is 2.32. The molecule has 0 amide bonds. The SMILES string of the molecule is O=S(=O)(CCCC(F)(F)F)N1CCC(CCO)C1. The van der Waals surface area contributed by atoms with E-state index in [1.807, 2.05) is 0 Å². The van der Waals surface area contributed by atoms with Gasteiger partial charge in [-0.15, -0.1) is 0 Å². The van der Waals surface area contributed by atoms with Crippen molar-refractivity contribution in [2.24, 2.45) is 5.92 Å². The molecule has 1 aliphatic heterocycles. The summed E-state index contributed by atoms with van der Waals surface area (Å²) in [5.74, 6) is -0.342. The van der Waals surface area contributed by atoms with Gasteiger partial charge in [0.25, 0.3) is 0 Å². The largest absolute Gasteiger partial charge is 0.396 e. The van der Waals surface area contributed by atoms with Gasteiger partial charge in [-0.05, 0) is 25.2 Å². The van der Waals surface area contributed by atoms with Crippen LogP contribution in [0.15, 0.2) is 0 Å². The zero-order chi connectivity index (χ0) is 13.8. The normalized spacial score (nSPS) is 22.6. The number of halogens is 3. The molecule has 1 fully saturated rings. The standard InChI is InChI=1S/C10H18F3NO3S/c11-10(12,13)4-1-7-18(16,17)14-5-2-9(8-14)3-6-15/h9,15H,1-8H2. The van der Waals surface area contributed by atoms with Crippen molar-refractivity contribution in [1.82, 2.24) is 4.31 Å². The summed E-state index contributed by atoms with van der Waals surface area (Å²) >= 11 is 0. The number of aliphatic hydroxyl groups excluding tert-OH is 1. The van der Waals surface area contributed by atoms with Crippen molar-refractivity contribution in [2.75, 3.05) is 25.4 Å². The second kappa shape index (κ2) is 6.21. The van der Waals surface area contributed by atoms with E-state index in [0.29, 0.717) is 25.9 Å². The molecule has 0 aromatic rings. The first-order valence-electron chi connectivity index (χ1n) is 5.90. The minimum Gasteiger partial charge on any atom is -0.396 e. The predicted octanol–water partition coefficient (Wildman–Crippen LogP) is 1.36. The lowest BCUT2D eigenvalue weighted by molar-refractivity contribution is -0.134. The molecule has 8 heteroatoms. The van der Waals surface area contributed by atoms with Crippen LogP contribution in [0.2, 0.25) is 0 Å². The number of sulfonamides is 1. The minimum atomic E-state index is -4.31. The Morgan fingerprint density at radius 2 is 2.00 bits per heavy atom. The molecular formula is C10H18F3NO3S. The third kappa shape index (κ3) is 5.11. The van der Waals surface area contributed by atoms with Gasteiger partial charge in [0.15, 0.2) is 0 Å². The molecule has 1 aliphatic rings. The summed E-state index contributed by atoms with van der Waals surface area (Å²) < 4.78 is 60.6. The smallest absolute Gasteiger partial charge is 0.389 e. The molecule has 4 nitrogen and oxygen atoms in total. The van der Waals surface area contributed by atoms with E-state index in [2.05, 4.69) is 0 Å². The van der Waals surface area contributed by atoms with Gasteiger partial charge >= 0.3 is 6.18 Å². The fraction of sp³-hybridized carbons (Fsp3) is 1.00. The number of hydrogen-bond donors (Lipinski definition) is 1. The maximum Gasteiger partial charge on any atom is 0.389 e. The van der Waals surface area contributed by atoms with Crippen molar-refractivity contribution >= 4 is 10.0 Å². The number of hydrogen-bond acceptors (Lipinski definition) is 3.